The van der Waals surface area contributed by atoms with E-state index in [2.05, 4.69) is 30.6 Å². The molecule has 0 amide bonds. The van der Waals surface area contributed by atoms with Crippen LogP contribution in [-0.4, -0.2) is 53.5 Å². The Morgan fingerprint density at radius 3 is 2.81 bits per heavy atom. The van der Waals surface area contributed by atoms with Gasteiger partial charge in [-0.15, -0.1) is 15.3 Å². The molecule has 0 spiro atoms. The van der Waals surface area contributed by atoms with Crippen LogP contribution in [0.15, 0.2) is 34.6 Å². The Hall–Kier alpha value is -1.57. The highest BCUT2D eigenvalue weighted by molar-refractivity contribution is 6.29. The van der Waals surface area contributed by atoms with Crippen molar-refractivity contribution in [1.29, 1.82) is 0 Å². The predicted octanol–water partition coefficient (Wildman–Crippen LogP) is 1.48. The third-order valence-corrected chi connectivity index (χ3v) is 3.71. The number of halogens is 1. The molecule has 2 aliphatic rings. The van der Waals surface area contributed by atoms with Crippen LogP contribution in [0.1, 0.15) is 6.42 Å². The third kappa shape index (κ3) is 3.75. The van der Waals surface area contributed by atoms with Gasteiger partial charge in [-0.05, 0) is 6.07 Å². The summed E-state index contributed by atoms with van der Waals surface area (Å²) in [5.74, 6) is 0.394. The second kappa shape index (κ2) is 6.46. The third-order valence-electron chi connectivity index (χ3n) is 3.51. The molecule has 0 aliphatic carbocycles. The minimum atomic E-state index is -0.784. The molecule has 1 fully saturated rings. The maximum Gasteiger partial charge on any atom is 0.243 e. The van der Waals surface area contributed by atoms with E-state index in [4.69, 9.17) is 16.3 Å². The van der Waals surface area contributed by atoms with Gasteiger partial charge in [-0.3, -0.25) is 0 Å². The molecule has 1 atom stereocenters. The van der Waals surface area contributed by atoms with Crippen molar-refractivity contribution in [3.63, 3.8) is 0 Å². The van der Waals surface area contributed by atoms with Crippen LogP contribution in [0.25, 0.3) is 0 Å². The monoisotopic (exact) mass is 308 g/mol. The average Bonchev–Trinajstić information content (AvgIpc) is 2.98. The largest absolute Gasteiger partial charge is 0.442 e. The van der Waals surface area contributed by atoms with Gasteiger partial charge in [-0.25, -0.2) is 0 Å². The summed E-state index contributed by atoms with van der Waals surface area (Å²) >= 11 is 5.73. The molecular weight excluding hydrogens is 292 g/mol. The van der Waals surface area contributed by atoms with Gasteiger partial charge in [-0.1, -0.05) is 11.6 Å². The molecule has 1 N–H and O–H groups in total. The fraction of sp³-hybridized carbons (Fsp3) is 0.538. The summed E-state index contributed by atoms with van der Waals surface area (Å²) in [6.07, 6.45) is 4.23. The zero-order valence-electron chi connectivity index (χ0n) is 11.6. The fourth-order valence-electron chi connectivity index (χ4n) is 2.35. The molecule has 0 radical (unpaired) electrons. The SMILES string of the molecule is Clc1ccc(OC2(CCN3CCNCC3)C=CN=N2)nn1. The summed E-state index contributed by atoms with van der Waals surface area (Å²) in [5.41, 5.74) is -0.784. The molecule has 21 heavy (non-hydrogen) atoms. The first-order valence-corrected chi connectivity index (χ1v) is 7.35. The molecule has 8 heteroatoms. The van der Waals surface area contributed by atoms with E-state index >= 15 is 0 Å². The fourth-order valence-corrected chi connectivity index (χ4v) is 2.45. The van der Waals surface area contributed by atoms with Crippen molar-refractivity contribution in [3.05, 3.63) is 29.6 Å². The normalized spacial score (nSPS) is 25.4. The Bertz CT molecular complexity index is 514. The quantitative estimate of drug-likeness (QED) is 0.892. The molecule has 7 nitrogen and oxygen atoms in total. The summed E-state index contributed by atoms with van der Waals surface area (Å²) < 4.78 is 5.89. The first-order valence-electron chi connectivity index (χ1n) is 6.97. The van der Waals surface area contributed by atoms with E-state index in [9.17, 15) is 0 Å². The van der Waals surface area contributed by atoms with Gasteiger partial charge in [0.05, 0.1) is 6.20 Å². The van der Waals surface area contributed by atoms with Crippen LogP contribution in [0.5, 0.6) is 5.88 Å². The summed E-state index contributed by atoms with van der Waals surface area (Å²) in [5, 5.41) is 19.5. The molecule has 3 rings (SSSR count). The lowest BCUT2D eigenvalue weighted by molar-refractivity contribution is 0.0905. The molecule has 1 unspecified atom stereocenters. The second-order valence-electron chi connectivity index (χ2n) is 5.01. The lowest BCUT2D eigenvalue weighted by atomic mass is 10.1. The van der Waals surface area contributed by atoms with Crippen molar-refractivity contribution in [2.75, 3.05) is 32.7 Å². The Morgan fingerprint density at radius 2 is 2.14 bits per heavy atom. The van der Waals surface area contributed by atoms with Crippen LogP contribution >= 0.6 is 11.6 Å². The van der Waals surface area contributed by atoms with E-state index in [-0.39, 0.29) is 0 Å². The molecule has 2 aliphatic heterocycles. The van der Waals surface area contributed by atoms with Crippen LogP contribution in [0.2, 0.25) is 5.15 Å². The van der Waals surface area contributed by atoms with E-state index in [0.717, 1.165) is 39.1 Å². The molecule has 1 aromatic rings. The van der Waals surface area contributed by atoms with Crippen molar-refractivity contribution in [1.82, 2.24) is 20.4 Å². The molecule has 0 bridgehead atoms. The van der Waals surface area contributed by atoms with Crippen LogP contribution in [0.4, 0.5) is 0 Å². The van der Waals surface area contributed by atoms with Crippen molar-refractivity contribution < 1.29 is 4.74 Å². The number of azo groups is 1. The van der Waals surface area contributed by atoms with Gasteiger partial charge in [0.1, 0.15) is 0 Å². The van der Waals surface area contributed by atoms with Gasteiger partial charge < -0.3 is 15.0 Å². The van der Waals surface area contributed by atoms with Crippen molar-refractivity contribution in [2.24, 2.45) is 10.2 Å². The Labute approximate surface area is 128 Å². The number of nitrogens with one attached hydrogen (secondary N) is 1. The number of ether oxygens (including phenoxy) is 1. The molecule has 1 aromatic heterocycles. The van der Waals surface area contributed by atoms with Crippen LogP contribution < -0.4 is 10.1 Å². The van der Waals surface area contributed by atoms with Gasteiger partial charge in [0.25, 0.3) is 0 Å². The molecule has 0 aromatic carbocycles. The number of hydrogen-bond donors (Lipinski definition) is 1. The van der Waals surface area contributed by atoms with E-state index < -0.39 is 5.72 Å². The Balaban J connectivity index is 1.63. The van der Waals surface area contributed by atoms with Crippen molar-refractivity contribution in [2.45, 2.75) is 12.1 Å². The Kier molecular flexibility index (Phi) is 4.42. The van der Waals surface area contributed by atoms with E-state index in [1.165, 1.54) is 0 Å². The number of rotatable bonds is 5. The topological polar surface area (TPSA) is 75.0 Å². The standard InChI is InChI=1S/C13H17ClN6O/c14-11-1-2-12(18-17-11)21-13(3-5-16-19-13)4-8-20-9-6-15-7-10-20/h1-3,5,15H,4,6-10H2. The summed E-state index contributed by atoms with van der Waals surface area (Å²) in [6, 6.07) is 3.33. The maximum atomic E-state index is 5.89. The van der Waals surface area contributed by atoms with Gasteiger partial charge in [0.15, 0.2) is 5.15 Å². The van der Waals surface area contributed by atoms with Crippen LogP contribution in [-0.2, 0) is 0 Å². The summed E-state index contributed by atoms with van der Waals surface area (Å²) in [6.45, 7) is 5.02. The number of nitrogens with zero attached hydrogens (tertiary/aromatic N) is 5. The van der Waals surface area contributed by atoms with Crippen molar-refractivity contribution in [3.8, 4) is 5.88 Å². The molecule has 1 saturated heterocycles. The first-order chi connectivity index (χ1) is 10.3. The zero-order chi connectivity index (χ0) is 14.5. The minimum Gasteiger partial charge on any atom is -0.442 e. The highest BCUT2D eigenvalue weighted by Gasteiger charge is 2.33. The first kappa shape index (κ1) is 14.4. The second-order valence-corrected chi connectivity index (χ2v) is 5.40. The van der Waals surface area contributed by atoms with Gasteiger partial charge in [-0.2, -0.15) is 5.11 Å². The smallest absolute Gasteiger partial charge is 0.243 e. The van der Waals surface area contributed by atoms with Gasteiger partial charge in [0.2, 0.25) is 11.6 Å². The summed E-state index contributed by atoms with van der Waals surface area (Å²) in [7, 11) is 0. The van der Waals surface area contributed by atoms with Gasteiger partial charge >= 0.3 is 0 Å². The lowest BCUT2D eigenvalue weighted by Gasteiger charge is -2.30. The summed E-state index contributed by atoms with van der Waals surface area (Å²) in [4.78, 5) is 2.39. The van der Waals surface area contributed by atoms with Crippen molar-refractivity contribution >= 4 is 11.6 Å². The minimum absolute atomic E-state index is 0.334. The van der Waals surface area contributed by atoms with E-state index in [1.807, 2.05) is 6.08 Å². The zero-order valence-corrected chi connectivity index (χ0v) is 12.3. The van der Waals surface area contributed by atoms with E-state index in [1.54, 1.807) is 18.3 Å². The molecule has 3 heterocycles. The van der Waals surface area contributed by atoms with Crippen LogP contribution in [0, 0.1) is 0 Å². The molecule has 0 saturated carbocycles. The van der Waals surface area contributed by atoms with Gasteiger partial charge in [0, 0.05) is 51.3 Å². The Morgan fingerprint density at radius 1 is 1.29 bits per heavy atom. The number of aromatic nitrogens is 2. The lowest BCUT2D eigenvalue weighted by Crippen LogP contribution is -2.45. The highest BCUT2D eigenvalue weighted by atomic mass is 35.5. The maximum absolute atomic E-state index is 5.89. The molecular formula is C13H17ClN6O. The number of hydrogen-bond acceptors (Lipinski definition) is 7. The average molecular weight is 309 g/mol. The highest BCUT2D eigenvalue weighted by Crippen LogP contribution is 2.27. The predicted molar refractivity (Wildman–Crippen MR) is 78.3 cm³/mol. The van der Waals surface area contributed by atoms with Crippen LogP contribution in [0.3, 0.4) is 0 Å². The molecule has 112 valence electrons. The number of piperazine rings is 1. The van der Waals surface area contributed by atoms with E-state index in [0.29, 0.717) is 11.0 Å².